The summed E-state index contributed by atoms with van der Waals surface area (Å²) in [6, 6.07) is 3.69. The number of hydrogen-bond donors (Lipinski definition) is 3. The predicted molar refractivity (Wildman–Crippen MR) is 69.9 cm³/mol. The van der Waals surface area contributed by atoms with Gasteiger partial charge in [0.05, 0.1) is 11.3 Å². The number of ether oxygens (including phenoxy) is 1. The highest BCUT2D eigenvalue weighted by Crippen LogP contribution is 2.28. The Balaban J connectivity index is 3.09. The average Bonchev–Trinajstić information content (AvgIpc) is 2.28. The lowest BCUT2D eigenvalue weighted by molar-refractivity contribution is -0.131. The van der Waals surface area contributed by atoms with E-state index < -0.39 is 29.2 Å². The second-order valence-corrected chi connectivity index (χ2v) is 4.96. The van der Waals surface area contributed by atoms with Gasteiger partial charge >= 0.3 is 12.1 Å². The third-order valence-corrected chi connectivity index (χ3v) is 2.11. The molecule has 20 heavy (non-hydrogen) atoms. The van der Waals surface area contributed by atoms with Crippen molar-refractivity contribution in [2.24, 2.45) is 0 Å². The van der Waals surface area contributed by atoms with Crippen molar-refractivity contribution >= 4 is 23.5 Å². The molecule has 0 saturated heterocycles. The summed E-state index contributed by atoms with van der Waals surface area (Å²) in [5, 5.41) is 20.5. The number of carboxylic acid groups (broad SMARTS) is 1. The molecule has 0 unspecified atom stereocenters. The zero-order valence-corrected chi connectivity index (χ0v) is 11.3. The average molecular weight is 281 g/mol. The number of aromatic hydroxyl groups is 1. The molecule has 0 heterocycles. The number of phenolic OH excluding ortho intramolecular Hbond substituents is 1. The molecular weight excluding hydrogens is 266 g/mol. The molecule has 0 aliphatic heterocycles. The van der Waals surface area contributed by atoms with Crippen molar-refractivity contribution in [3.63, 3.8) is 0 Å². The predicted octanol–water partition coefficient (Wildman–Crippen LogP) is 2.01. The van der Waals surface area contributed by atoms with E-state index in [-0.39, 0.29) is 11.3 Å². The summed E-state index contributed by atoms with van der Waals surface area (Å²) in [5.74, 6) is -3.36. The number of carbonyl (C=O) groups is 3. The fourth-order valence-corrected chi connectivity index (χ4v) is 1.38. The van der Waals surface area contributed by atoms with Gasteiger partial charge in [0, 0.05) is 0 Å². The fourth-order valence-electron chi connectivity index (χ4n) is 1.38. The number of nitrogens with one attached hydrogen (secondary N) is 1. The first kappa shape index (κ1) is 15.5. The van der Waals surface area contributed by atoms with Crippen LogP contribution in [0.1, 0.15) is 31.1 Å². The van der Waals surface area contributed by atoms with Crippen molar-refractivity contribution in [2.75, 3.05) is 5.32 Å². The molecule has 0 bridgehead atoms. The lowest BCUT2D eigenvalue weighted by Crippen LogP contribution is -2.28. The Morgan fingerprint density at radius 1 is 1.20 bits per heavy atom. The SMILES string of the molecule is CC(C)(C)OC(=O)Nc1c(O)cccc1C(=O)C(=O)O. The Bertz CT molecular complexity index is 558. The van der Waals surface area contributed by atoms with E-state index in [2.05, 4.69) is 5.32 Å². The number of Topliss-reactive ketones (excluding diaryl/α,β-unsaturated/α-hetero) is 1. The number of amides is 1. The van der Waals surface area contributed by atoms with E-state index in [0.29, 0.717) is 0 Å². The zero-order chi connectivity index (χ0) is 15.5. The van der Waals surface area contributed by atoms with Gasteiger partial charge in [0.15, 0.2) is 0 Å². The van der Waals surface area contributed by atoms with E-state index in [9.17, 15) is 19.5 Å². The van der Waals surface area contributed by atoms with E-state index in [1.165, 1.54) is 18.2 Å². The van der Waals surface area contributed by atoms with Gasteiger partial charge in [-0.2, -0.15) is 0 Å². The van der Waals surface area contributed by atoms with Gasteiger partial charge in [0.2, 0.25) is 0 Å². The summed E-state index contributed by atoms with van der Waals surface area (Å²) < 4.78 is 4.97. The van der Waals surface area contributed by atoms with Gasteiger partial charge in [-0.25, -0.2) is 9.59 Å². The van der Waals surface area contributed by atoms with Crippen LogP contribution in [0.3, 0.4) is 0 Å². The topological polar surface area (TPSA) is 113 Å². The number of benzene rings is 1. The van der Waals surface area contributed by atoms with Crippen LogP contribution in [0.5, 0.6) is 5.75 Å². The molecule has 0 saturated carbocycles. The van der Waals surface area contributed by atoms with Crippen molar-refractivity contribution in [3.05, 3.63) is 23.8 Å². The van der Waals surface area contributed by atoms with Crippen molar-refractivity contribution in [3.8, 4) is 5.75 Å². The molecule has 0 aliphatic carbocycles. The number of phenols is 1. The molecule has 0 spiro atoms. The van der Waals surface area contributed by atoms with Gasteiger partial charge in [-0.1, -0.05) is 6.07 Å². The summed E-state index contributed by atoms with van der Waals surface area (Å²) in [5.41, 5.74) is -1.40. The molecule has 0 radical (unpaired) electrons. The van der Waals surface area contributed by atoms with Crippen LogP contribution in [-0.2, 0) is 9.53 Å². The molecule has 1 aromatic rings. The molecule has 0 aliphatic rings. The van der Waals surface area contributed by atoms with Gasteiger partial charge in [-0.15, -0.1) is 0 Å². The van der Waals surface area contributed by atoms with Crippen LogP contribution in [0, 0.1) is 0 Å². The lowest BCUT2D eigenvalue weighted by Gasteiger charge is -2.20. The largest absolute Gasteiger partial charge is 0.506 e. The van der Waals surface area contributed by atoms with Gasteiger partial charge in [-0.05, 0) is 32.9 Å². The van der Waals surface area contributed by atoms with Crippen LogP contribution < -0.4 is 5.32 Å². The Morgan fingerprint density at radius 3 is 2.30 bits per heavy atom. The molecule has 0 atom stereocenters. The van der Waals surface area contributed by atoms with Crippen LogP contribution in [-0.4, -0.2) is 33.7 Å². The van der Waals surface area contributed by atoms with Gasteiger partial charge in [-0.3, -0.25) is 10.1 Å². The minimum atomic E-state index is -1.69. The number of carbonyl (C=O) groups excluding carboxylic acids is 2. The number of ketones is 1. The molecule has 1 aromatic carbocycles. The van der Waals surface area contributed by atoms with Crippen molar-refractivity contribution in [1.29, 1.82) is 0 Å². The number of anilines is 1. The monoisotopic (exact) mass is 281 g/mol. The maximum atomic E-state index is 11.6. The molecular formula is C13H15NO6. The third-order valence-electron chi connectivity index (χ3n) is 2.11. The van der Waals surface area contributed by atoms with E-state index in [4.69, 9.17) is 9.84 Å². The summed E-state index contributed by atoms with van der Waals surface area (Å²) in [7, 11) is 0. The summed E-state index contributed by atoms with van der Waals surface area (Å²) in [6.07, 6.45) is -0.904. The second-order valence-electron chi connectivity index (χ2n) is 4.96. The van der Waals surface area contributed by atoms with Crippen molar-refractivity contribution in [2.45, 2.75) is 26.4 Å². The first-order valence-electron chi connectivity index (χ1n) is 5.71. The van der Waals surface area contributed by atoms with Gasteiger partial charge < -0.3 is 14.9 Å². The Labute approximate surface area is 115 Å². The maximum Gasteiger partial charge on any atom is 0.412 e. The van der Waals surface area contributed by atoms with Crippen LogP contribution in [0.4, 0.5) is 10.5 Å². The quantitative estimate of drug-likeness (QED) is 0.443. The Hall–Kier alpha value is -2.57. The van der Waals surface area contributed by atoms with Crippen LogP contribution in [0.25, 0.3) is 0 Å². The van der Waals surface area contributed by atoms with Crippen LogP contribution >= 0.6 is 0 Å². The molecule has 0 aromatic heterocycles. The number of carboxylic acids is 1. The molecule has 1 rings (SSSR count). The van der Waals surface area contributed by atoms with E-state index >= 15 is 0 Å². The molecule has 108 valence electrons. The minimum absolute atomic E-state index is 0.297. The highest BCUT2D eigenvalue weighted by molar-refractivity contribution is 6.41. The molecule has 0 fully saturated rings. The third kappa shape index (κ3) is 3.98. The zero-order valence-electron chi connectivity index (χ0n) is 11.3. The highest BCUT2D eigenvalue weighted by Gasteiger charge is 2.24. The lowest BCUT2D eigenvalue weighted by atomic mass is 10.1. The Morgan fingerprint density at radius 2 is 1.80 bits per heavy atom. The van der Waals surface area contributed by atoms with E-state index in [1.807, 2.05) is 0 Å². The van der Waals surface area contributed by atoms with Crippen molar-refractivity contribution < 1.29 is 29.3 Å². The molecule has 7 heteroatoms. The molecule has 3 N–H and O–H groups in total. The minimum Gasteiger partial charge on any atom is -0.506 e. The number of rotatable bonds is 3. The summed E-state index contributed by atoms with van der Waals surface area (Å²) >= 11 is 0. The van der Waals surface area contributed by atoms with E-state index in [0.717, 1.165) is 0 Å². The molecule has 1 amide bonds. The Kier molecular flexibility index (Phi) is 4.34. The fraction of sp³-hybridized carbons (Fsp3) is 0.308. The van der Waals surface area contributed by atoms with Crippen molar-refractivity contribution in [1.82, 2.24) is 0 Å². The van der Waals surface area contributed by atoms with Crippen LogP contribution in [0.15, 0.2) is 18.2 Å². The second kappa shape index (κ2) is 5.60. The highest BCUT2D eigenvalue weighted by atomic mass is 16.6. The van der Waals surface area contributed by atoms with Crippen LogP contribution in [0.2, 0.25) is 0 Å². The normalized spacial score (nSPS) is 10.8. The number of aliphatic carboxylic acids is 1. The van der Waals surface area contributed by atoms with E-state index in [1.54, 1.807) is 20.8 Å². The first-order chi connectivity index (χ1) is 9.11. The maximum absolute atomic E-state index is 11.6. The molecule has 7 nitrogen and oxygen atoms in total. The summed E-state index contributed by atoms with van der Waals surface area (Å²) in [6.45, 7) is 4.92. The van der Waals surface area contributed by atoms with Gasteiger partial charge in [0.25, 0.3) is 5.78 Å². The van der Waals surface area contributed by atoms with Gasteiger partial charge in [0.1, 0.15) is 11.4 Å². The number of hydrogen-bond acceptors (Lipinski definition) is 5. The number of para-hydroxylation sites is 1. The smallest absolute Gasteiger partial charge is 0.412 e. The first-order valence-corrected chi connectivity index (χ1v) is 5.71. The summed E-state index contributed by atoms with van der Waals surface area (Å²) in [4.78, 5) is 33.8. The standard InChI is InChI=1S/C13H15NO6/c1-13(2,3)20-12(19)14-9-7(10(16)11(17)18)5-4-6-8(9)15/h4-6,15H,1-3H3,(H,14,19)(H,17,18).